The third kappa shape index (κ3) is 4.26. The molecule has 0 saturated heterocycles. The normalized spacial score (nSPS) is 14.0. The van der Waals surface area contributed by atoms with Crippen LogP contribution in [-0.4, -0.2) is 33.9 Å². The number of carboxylic acids is 2. The van der Waals surface area contributed by atoms with E-state index in [9.17, 15) is 19.8 Å². The zero-order valence-corrected chi connectivity index (χ0v) is 17.6. The van der Waals surface area contributed by atoms with E-state index in [0.29, 0.717) is 5.69 Å². The maximum absolute atomic E-state index is 12.3. The predicted octanol–water partition coefficient (Wildman–Crippen LogP) is 4.49. The van der Waals surface area contributed by atoms with Crippen molar-refractivity contribution in [3.63, 3.8) is 0 Å². The first kappa shape index (κ1) is 21.3. The van der Waals surface area contributed by atoms with Gasteiger partial charge < -0.3 is 15.5 Å². The van der Waals surface area contributed by atoms with Crippen LogP contribution in [0.3, 0.4) is 0 Å². The van der Waals surface area contributed by atoms with Crippen molar-refractivity contribution in [3.8, 4) is 0 Å². The summed E-state index contributed by atoms with van der Waals surface area (Å²) in [5, 5.41) is 29.6. The van der Waals surface area contributed by atoms with Crippen molar-refractivity contribution in [1.82, 2.24) is 5.32 Å². The molecule has 6 heteroatoms. The molecule has 0 spiro atoms. The molecular weight excluding hydrogens is 404 g/mol. The lowest BCUT2D eigenvalue weighted by Gasteiger charge is -2.32. The lowest BCUT2D eigenvalue weighted by Crippen LogP contribution is -2.61. The Morgan fingerprint density at radius 2 is 1.38 bits per heavy atom. The van der Waals surface area contributed by atoms with Crippen LogP contribution < -0.4 is 10.6 Å². The molecule has 4 N–H and O–H groups in total. The van der Waals surface area contributed by atoms with Crippen LogP contribution in [0.15, 0.2) is 84.9 Å². The monoisotopic (exact) mass is 428 g/mol. The Morgan fingerprint density at radius 3 is 2.03 bits per heavy atom. The zero-order chi connectivity index (χ0) is 22.7. The highest BCUT2D eigenvalue weighted by atomic mass is 16.4. The summed E-state index contributed by atoms with van der Waals surface area (Å²) in [5.41, 5.74) is -0.270. The molecule has 4 aromatic carbocycles. The van der Waals surface area contributed by atoms with Crippen molar-refractivity contribution in [2.75, 3.05) is 5.32 Å². The van der Waals surface area contributed by atoms with Crippen molar-refractivity contribution in [2.24, 2.45) is 0 Å². The largest absolute Gasteiger partial charge is 0.480 e. The van der Waals surface area contributed by atoms with E-state index in [0.717, 1.165) is 27.1 Å². The lowest BCUT2D eigenvalue weighted by molar-refractivity contribution is -0.145. The average molecular weight is 428 g/mol. The van der Waals surface area contributed by atoms with Gasteiger partial charge >= 0.3 is 11.9 Å². The van der Waals surface area contributed by atoms with Gasteiger partial charge in [0.05, 0.1) is 0 Å². The molecule has 0 aliphatic heterocycles. The molecule has 0 bridgehead atoms. The third-order valence-corrected chi connectivity index (χ3v) is 5.67. The number of fused-ring (bicyclic) bond motifs is 2. The molecule has 0 aliphatic rings. The molecule has 0 aromatic heterocycles. The molecule has 0 fully saturated rings. The molecule has 1 unspecified atom stereocenters. The van der Waals surface area contributed by atoms with Gasteiger partial charge in [-0.1, -0.05) is 78.9 Å². The first-order valence-corrected chi connectivity index (χ1v) is 10.3. The van der Waals surface area contributed by atoms with Gasteiger partial charge in [-0.05, 0) is 41.1 Å². The van der Waals surface area contributed by atoms with Gasteiger partial charge in [0.1, 0.15) is 6.04 Å². The summed E-state index contributed by atoms with van der Waals surface area (Å²) in [6, 6.07) is 25.5. The molecule has 4 aromatic rings. The SMILES string of the molecule is C[C@](Nc1cccc2ccccc12)(NC(Cc1cccc2ccccc12)C(=O)O)C(=O)O. The summed E-state index contributed by atoms with van der Waals surface area (Å²) in [6.45, 7) is 1.44. The fourth-order valence-corrected chi connectivity index (χ4v) is 3.99. The Kier molecular flexibility index (Phi) is 5.79. The van der Waals surface area contributed by atoms with E-state index in [4.69, 9.17) is 0 Å². The Balaban J connectivity index is 1.66. The van der Waals surface area contributed by atoms with Crippen LogP contribution in [0.25, 0.3) is 21.5 Å². The van der Waals surface area contributed by atoms with Gasteiger partial charge in [-0.2, -0.15) is 0 Å². The second-order valence-electron chi connectivity index (χ2n) is 7.96. The highest BCUT2D eigenvalue weighted by Gasteiger charge is 2.38. The van der Waals surface area contributed by atoms with Gasteiger partial charge in [-0.15, -0.1) is 0 Å². The number of anilines is 1. The molecule has 2 atom stereocenters. The zero-order valence-electron chi connectivity index (χ0n) is 17.6. The molecule has 162 valence electrons. The molecule has 0 heterocycles. The highest BCUT2D eigenvalue weighted by molar-refractivity contribution is 5.96. The summed E-state index contributed by atoms with van der Waals surface area (Å²) < 4.78 is 0. The number of hydrogen-bond donors (Lipinski definition) is 4. The van der Waals surface area contributed by atoms with Crippen LogP contribution in [0.5, 0.6) is 0 Å². The van der Waals surface area contributed by atoms with E-state index < -0.39 is 23.6 Å². The molecule has 4 rings (SSSR count). The van der Waals surface area contributed by atoms with Crippen molar-refractivity contribution in [3.05, 3.63) is 90.5 Å². The third-order valence-electron chi connectivity index (χ3n) is 5.67. The fourth-order valence-electron chi connectivity index (χ4n) is 3.99. The smallest absolute Gasteiger partial charge is 0.344 e. The van der Waals surface area contributed by atoms with E-state index in [1.54, 1.807) is 6.07 Å². The predicted molar refractivity (Wildman–Crippen MR) is 126 cm³/mol. The van der Waals surface area contributed by atoms with E-state index >= 15 is 0 Å². The van der Waals surface area contributed by atoms with E-state index in [2.05, 4.69) is 10.6 Å². The fraction of sp³-hybridized carbons (Fsp3) is 0.154. The molecule has 32 heavy (non-hydrogen) atoms. The Morgan fingerprint density at radius 1 is 0.812 bits per heavy atom. The second kappa shape index (κ2) is 8.69. The lowest BCUT2D eigenvalue weighted by atomic mass is 9.97. The minimum absolute atomic E-state index is 0.136. The number of benzene rings is 4. The summed E-state index contributed by atoms with van der Waals surface area (Å²) >= 11 is 0. The minimum atomic E-state index is -1.71. The Labute approximate surface area is 185 Å². The number of carbonyl (C=O) groups is 2. The van der Waals surface area contributed by atoms with Crippen LogP contribution in [0, 0.1) is 0 Å². The number of nitrogens with one attached hydrogen (secondary N) is 2. The summed E-state index contributed by atoms with van der Waals surface area (Å²) in [6.07, 6.45) is 0.136. The molecule has 6 nitrogen and oxygen atoms in total. The van der Waals surface area contributed by atoms with Crippen LogP contribution in [-0.2, 0) is 16.0 Å². The van der Waals surface area contributed by atoms with E-state index in [-0.39, 0.29) is 6.42 Å². The second-order valence-corrected chi connectivity index (χ2v) is 7.96. The van der Waals surface area contributed by atoms with Crippen LogP contribution in [0.2, 0.25) is 0 Å². The van der Waals surface area contributed by atoms with Gasteiger partial charge in [0.25, 0.3) is 0 Å². The van der Waals surface area contributed by atoms with Crippen LogP contribution in [0.4, 0.5) is 5.69 Å². The van der Waals surface area contributed by atoms with Gasteiger partial charge in [0.2, 0.25) is 0 Å². The topological polar surface area (TPSA) is 98.7 Å². The molecule has 0 radical (unpaired) electrons. The van der Waals surface area contributed by atoms with E-state index in [1.165, 1.54) is 6.92 Å². The van der Waals surface area contributed by atoms with Gasteiger partial charge in [0.15, 0.2) is 5.66 Å². The summed E-state index contributed by atoms with van der Waals surface area (Å²) in [4.78, 5) is 24.4. The molecular formula is C26H24N2O4. The first-order chi connectivity index (χ1) is 15.4. The van der Waals surface area contributed by atoms with Crippen molar-refractivity contribution in [1.29, 1.82) is 0 Å². The Bertz CT molecular complexity index is 1290. The number of carboxylic acid groups (broad SMARTS) is 2. The highest BCUT2D eigenvalue weighted by Crippen LogP contribution is 2.26. The molecule has 0 aliphatic carbocycles. The first-order valence-electron chi connectivity index (χ1n) is 10.3. The number of hydrogen-bond acceptors (Lipinski definition) is 4. The van der Waals surface area contributed by atoms with Crippen molar-refractivity contribution < 1.29 is 19.8 Å². The van der Waals surface area contributed by atoms with Gasteiger partial charge in [-0.3, -0.25) is 10.1 Å². The van der Waals surface area contributed by atoms with Gasteiger partial charge in [-0.25, -0.2) is 4.79 Å². The maximum atomic E-state index is 12.3. The average Bonchev–Trinajstić information content (AvgIpc) is 2.79. The maximum Gasteiger partial charge on any atom is 0.344 e. The van der Waals surface area contributed by atoms with Gasteiger partial charge in [0, 0.05) is 11.1 Å². The minimum Gasteiger partial charge on any atom is -0.480 e. The summed E-state index contributed by atoms with van der Waals surface area (Å²) in [7, 11) is 0. The standard InChI is InChI=1S/C26H24N2O4/c1-26(25(31)32,27-22-15-7-11-18-9-3-5-14-21(18)22)28-23(24(29)30)16-19-12-6-10-17-8-2-4-13-20(17)19/h2-15,23,27-28H,16H2,1H3,(H,29,30)(H,31,32)/t23?,26-/m0/s1. The van der Waals surface area contributed by atoms with E-state index in [1.807, 2.05) is 78.9 Å². The molecule has 0 saturated carbocycles. The number of rotatable bonds is 8. The van der Waals surface area contributed by atoms with Crippen LogP contribution >= 0.6 is 0 Å². The Hall–Kier alpha value is -3.90. The van der Waals surface area contributed by atoms with Crippen LogP contribution in [0.1, 0.15) is 12.5 Å². The quantitative estimate of drug-likeness (QED) is 0.309. The van der Waals surface area contributed by atoms with Crippen molar-refractivity contribution in [2.45, 2.75) is 25.0 Å². The summed E-state index contributed by atoms with van der Waals surface area (Å²) in [5.74, 6) is -2.32. The molecule has 0 amide bonds. The number of aliphatic carboxylic acids is 2. The van der Waals surface area contributed by atoms with Crippen molar-refractivity contribution >= 4 is 39.2 Å².